The number of aliphatic hydroxyl groups is 1. The van der Waals surface area contributed by atoms with Crippen LogP contribution in [0.1, 0.15) is 59.3 Å². The van der Waals surface area contributed by atoms with Gasteiger partial charge in [0, 0.05) is 5.54 Å². The first-order valence-electron chi connectivity index (χ1n) is 6.39. The van der Waals surface area contributed by atoms with Gasteiger partial charge in [-0.25, -0.2) is 0 Å². The van der Waals surface area contributed by atoms with Gasteiger partial charge in [0.15, 0.2) is 0 Å². The van der Waals surface area contributed by atoms with E-state index in [0.29, 0.717) is 12.0 Å². The van der Waals surface area contributed by atoms with E-state index < -0.39 is 0 Å². The highest BCUT2D eigenvalue weighted by Crippen LogP contribution is 2.37. The molecule has 1 aliphatic rings. The van der Waals surface area contributed by atoms with Gasteiger partial charge in [-0.05, 0) is 44.1 Å². The van der Waals surface area contributed by atoms with Gasteiger partial charge in [0.2, 0.25) is 0 Å². The number of hydrogen-bond donors (Lipinski definition) is 2. The fourth-order valence-corrected chi connectivity index (χ4v) is 2.51. The average molecular weight is 213 g/mol. The quantitative estimate of drug-likeness (QED) is 0.704. The molecule has 1 saturated carbocycles. The van der Waals surface area contributed by atoms with Gasteiger partial charge in [-0.1, -0.05) is 27.2 Å². The zero-order valence-corrected chi connectivity index (χ0v) is 10.6. The minimum atomic E-state index is 0.0176. The number of hydrogen-bond acceptors (Lipinski definition) is 2. The second-order valence-electron chi connectivity index (χ2n) is 5.88. The van der Waals surface area contributed by atoms with Crippen LogP contribution in [-0.2, 0) is 0 Å². The van der Waals surface area contributed by atoms with Crippen LogP contribution in [0.4, 0.5) is 0 Å². The van der Waals surface area contributed by atoms with Crippen molar-refractivity contribution in [1.29, 1.82) is 0 Å². The summed E-state index contributed by atoms with van der Waals surface area (Å²) in [4.78, 5) is 0. The Balaban J connectivity index is 2.57. The van der Waals surface area contributed by atoms with E-state index in [2.05, 4.69) is 26.1 Å². The van der Waals surface area contributed by atoms with E-state index in [1.54, 1.807) is 0 Å². The number of aliphatic hydroxyl groups excluding tert-OH is 1. The van der Waals surface area contributed by atoms with Crippen molar-refractivity contribution in [3.05, 3.63) is 0 Å². The summed E-state index contributed by atoms with van der Waals surface area (Å²) in [5, 5.41) is 13.2. The van der Waals surface area contributed by atoms with Crippen molar-refractivity contribution in [2.75, 3.05) is 13.2 Å². The van der Waals surface area contributed by atoms with Gasteiger partial charge in [-0.15, -0.1) is 0 Å². The van der Waals surface area contributed by atoms with Gasteiger partial charge in [0.05, 0.1) is 6.61 Å². The van der Waals surface area contributed by atoms with Gasteiger partial charge < -0.3 is 10.4 Å². The van der Waals surface area contributed by atoms with E-state index >= 15 is 0 Å². The highest BCUT2D eigenvalue weighted by atomic mass is 16.3. The van der Waals surface area contributed by atoms with E-state index in [1.807, 2.05) is 0 Å². The molecule has 0 spiro atoms. The van der Waals surface area contributed by atoms with Gasteiger partial charge >= 0.3 is 0 Å². The molecule has 1 atom stereocenters. The topological polar surface area (TPSA) is 32.3 Å². The maximum absolute atomic E-state index is 9.60. The van der Waals surface area contributed by atoms with E-state index in [-0.39, 0.29) is 5.54 Å². The van der Waals surface area contributed by atoms with Gasteiger partial charge in [0.1, 0.15) is 0 Å². The van der Waals surface area contributed by atoms with Crippen molar-refractivity contribution < 1.29 is 5.11 Å². The molecule has 0 aliphatic heterocycles. The molecule has 1 rings (SSSR count). The molecule has 1 unspecified atom stereocenters. The molecule has 2 heteroatoms. The van der Waals surface area contributed by atoms with Crippen LogP contribution in [0.5, 0.6) is 0 Å². The molecule has 0 heterocycles. The van der Waals surface area contributed by atoms with Crippen molar-refractivity contribution in [3.8, 4) is 0 Å². The Morgan fingerprint density at radius 3 is 2.47 bits per heavy atom. The highest BCUT2D eigenvalue weighted by molar-refractivity contribution is 4.92. The minimum Gasteiger partial charge on any atom is -0.394 e. The normalized spacial score (nSPS) is 31.2. The third kappa shape index (κ3) is 3.76. The Labute approximate surface area is 94.5 Å². The molecule has 15 heavy (non-hydrogen) atoms. The fraction of sp³-hybridized carbons (Fsp3) is 1.00. The third-order valence-electron chi connectivity index (χ3n) is 3.84. The smallest absolute Gasteiger partial charge is 0.0613 e. The molecule has 2 nitrogen and oxygen atoms in total. The van der Waals surface area contributed by atoms with E-state index in [4.69, 9.17) is 0 Å². The molecular weight excluding hydrogens is 186 g/mol. The lowest BCUT2D eigenvalue weighted by Crippen LogP contribution is -2.48. The number of nitrogens with one attached hydrogen (secondary N) is 1. The van der Waals surface area contributed by atoms with Gasteiger partial charge in [0.25, 0.3) is 0 Å². The molecule has 90 valence electrons. The summed E-state index contributed by atoms with van der Waals surface area (Å²) >= 11 is 0. The van der Waals surface area contributed by atoms with Crippen LogP contribution in [0.15, 0.2) is 0 Å². The van der Waals surface area contributed by atoms with Gasteiger partial charge in [-0.3, -0.25) is 0 Å². The molecule has 0 aromatic carbocycles. The third-order valence-corrected chi connectivity index (χ3v) is 3.84. The zero-order valence-electron chi connectivity index (χ0n) is 10.6. The van der Waals surface area contributed by atoms with Crippen LogP contribution in [0, 0.1) is 5.41 Å². The summed E-state index contributed by atoms with van der Waals surface area (Å²) in [7, 11) is 0. The molecule has 0 bridgehead atoms. The van der Waals surface area contributed by atoms with E-state index in [9.17, 15) is 5.11 Å². The fourth-order valence-electron chi connectivity index (χ4n) is 2.51. The predicted octanol–water partition coefficient (Wildman–Crippen LogP) is 2.71. The minimum absolute atomic E-state index is 0.0176. The lowest BCUT2D eigenvalue weighted by atomic mass is 9.83. The molecule has 1 fully saturated rings. The van der Waals surface area contributed by atoms with Crippen LogP contribution >= 0.6 is 0 Å². The molecule has 1 aliphatic carbocycles. The summed E-state index contributed by atoms with van der Waals surface area (Å²) in [6.45, 7) is 8.20. The first kappa shape index (κ1) is 13.0. The Hall–Kier alpha value is -0.0800. The average Bonchev–Trinajstić information content (AvgIpc) is 2.35. The van der Waals surface area contributed by atoms with Crippen LogP contribution < -0.4 is 5.32 Å². The maximum atomic E-state index is 9.60. The maximum Gasteiger partial charge on any atom is 0.0613 e. The standard InChI is InChI=1S/C13H27NO/c1-4-10-14-13(11-15)7-5-6-12(2,3)8-9-13/h14-15H,4-11H2,1-3H3. The summed E-state index contributed by atoms with van der Waals surface area (Å²) in [6, 6.07) is 0. The monoisotopic (exact) mass is 213 g/mol. The van der Waals surface area contributed by atoms with Gasteiger partial charge in [-0.2, -0.15) is 0 Å². The zero-order chi connectivity index (χ0) is 11.4. The molecular formula is C13H27NO. The van der Waals surface area contributed by atoms with Crippen molar-refractivity contribution in [2.24, 2.45) is 5.41 Å². The molecule has 0 saturated heterocycles. The first-order valence-corrected chi connectivity index (χ1v) is 6.39. The van der Waals surface area contributed by atoms with Crippen LogP contribution in [0.3, 0.4) is 0 Å². The second-order valence-corrected chi connectivity index (χ2v) is 5.88. The summed E-state index contributed by atoms with van der Waals surface area (Å²) < 4.78 is 0. The Morgan fingerprint density at radius 1 is 1.13 bits per heavy atom. The SMILES string of the molecule is CCCNC1(CO)CCCC(C)(C)CC1. The second kappa shape index (κ2) is 5.31. The van der Waals surface area contributed by atoms with E-state index in [0.717, 1.165) is 25.8 Å². The largest absolute Gasteiger partial charge is 0.394 e. The lowest BCUT2D eigenvalue weighted by Gasteiger charge is -2.32. The van der Waals surface area contributed by atoms with Crippen LogP contribution in [0.2, 0.25) is 0 Å². The molecule has 0 radical (unpaired) electrons. The Morgan fingerprint density at radius 2 is 1.87 bits per heavy atom. The van der Waals surface area contributed by atoms with Crippen molar-refractivity contribution >= 4 is 0 Å². The van der Waals surface area contributed by atoms with Crippen molar-refractivity contribution in [2.45, 2.75) is 64.8 Å². The molecule has 0 aromatic rings. The van der Waals surface area contributed by atoms with Crippen LogP contribution in [-0.4, -0.2) is 23.8 Å². The lowest BCUT2D eigenvalue weighted by molar-refractivity contribution is 0.140. The number of rotatable bonds is 4. The molecule has 0 aromatic heterocycles. The predicted molar refractivity (Wildman–Crippen MR) is 65.0 cm³/mol. The Bertz CT molecular complexity index is 191. The van der Waals surface area contributed by atoms with E-state index in [1.165, 1.54) is 19.3 Å². The first-order chi connectivity index (χ1) is 7.04. The summed E-state index contributed by atoms with van der Waals surface area (Å²) in [5.74, 6) is 0. The van der Waals surface area contributed by atoms with Crippen LogP contribution in [0.25, 0.3) is 0 Å². The van der Waals surface area contributed by atoms with Crippen molar-refractivity contribution in [3.63, 3.8) is 0 Å². The molecule has 0 amide bonds. The highest BCUT2D eigenvalue weighted by Gasteiger charge is 2.34. The van der Waals surface area contributed by atoms with Crippen molar-refractivity contribution in [1.82, 2.24) is 5.32 Å². The Kier molecular flexibility index (Phi) is 4.60. The summed E-state index contributed by atoms with van der Waals surface area (Å²) in [6.07, 6.45) is 7.16. The molecule has 2 N–H and O–H groups in total. The summed E-state index contributed by atoms with van der Waals surface area (Å²) in [5.41, 5.74) is 0.481.